The van der Waals surface area contributed by atoms with E-state index in [-0.39, 0.29) is 36.8 Å². The van der Waals surface area contributed by atoms with Gasteiger partial charge in [0.05, 0.1) is 7.05 Å². The second-order valence-electron chi connectivity index (χ2n) is 5.24. The summed E-state index contributed by atoms with van der Waals surface area (Å²) in [7, 11) is 1.78. The van der Waals surface area contributed by atoms with Crippen LogP contribution < -0.4 is 15.5 Å². The van der Waals surface area contributed by atoms with Crippen molar-refractivity contribution in [3.63, 3.8) is 0 Å². The molecule has 3 N–H and O–H groups in total. The third-order valence-corrected chi connectivity index (χ3v) is 3.07. The molecule has 0 saturated carbocycles. The zero-order chi connectivity index (χ0) is 15.8. The maximum Gasteiger partial charge on any atom is 0.279 e. The molecule has 1 aromatic rings. The first kappa shape index (κ1) is 17.1. The van der Waals surface area contributed by atoms with Crippen molar-refractivity contribution in [3.05, 3.63) is 30.1 Å². The summed E-state index contributed by atoms with van der Waals surface area (Å²) in [5.41, 5.74) is 0.540. The minimum absolute atomic E-state index is 0.0727. The molecule has 1 aromatic carbocycles. The summed E-state index contributed by atoms with van der Waals surface area (Å²) < 4.78 is 12.7. The lowest BCUT2D eigenvalue weighted by Gasteiger charge is -2.16. The van der Waals surface area contributed by atoms with E-state index >= 15 is 0 Å². The Morgan fingerprint density at radius 3 is 2.33 bits per heavy atom. The highest BCUT2D eigenvalue weighted by molar-refractivity contribution is 5.91. The first-order chi connectivity index (χ1) is 9.90. The largest absolute Gasteiger partial charge is 0.349 e. The van der Waals surface area contributed by atoms with E-state index in [2.05, 4.69) is 10.6 Å². The summed E-state index contributed by atoms with van der Waals surface area (Å²) in [4.78, 5) is 24.3. The van der Waals surface area contributed by atoms with Gasteiger partial charge in [-0.3, -0.25) is 9.59 Å². The second-order valence-corrected chi connectivity index (χ2v) is 5.24. The van der Waals surface area contributed by atoms with E-state index in [1.807, 2.05) is 13.8 Å². The quantitative estimate of drug-likeness (QED) is 0.673. The van der Waals surface area contributed by atoms with E-state index in [4.69, 9.17) is 0 Å². The van der Waals surface area contributed by atoms with Crippen molar-refractivity contribution >= 4 is 17.5 Å². The molecule has 6 heteroatoms. The van der Waals surface area contributed by atoms with E-state index < -0.39 is 0 Å². The Morgan fingerprint density at radius 2 is 1.76 bits per heavy atom. The number of hydrogen-bond acceptors (Lipinski definition) is 2. The van der Waals surface area contributed by atoms with Crippen molar-refractivity contribution in [3.8, 4) is 0 Å². The van der Waals surface area contributed by atoms with Gasteiger partial charge in [-0.15, -0.1) is 0 Å². The lowest BCUT2D eigenvalue weighted by atomic mass is 10.2. The minimum atomic E-state index is -0.350. The van der Waals surface area contributed by atoms with Crippen LogP contribution in [-0.4, -0.2) is 38.0 Å². The smallest absolute Gasteiger partial charge is 0.279 e. The van der Waals surface area contributed by atoms with Crippen LogP contribution in [0.15, 0.2) is 24.3 Å². The molecular weight excluding hydrogens is 273 g/mol. The van der Waals surface area contributed by atoms with E-state index in [0.29, 0.717) is 5.69 Å². The summed E-state index contributed by atoms with van der Waals surface area (Å²) >= 11 is 0. The lowest BCUT2D eigenvalue weighted by molar-refractivity contribution is -0.862. The van der Waals surface area contributed by atoms with Gasteiger partial charge in [0.25, 0.3) is 11.8 Å². The van der Waals surface area contributed by atoms with Crippen LogP contribution >= 0.6 is 0 Å². The van der Waals surface area contributed by atoms with Crippen LogP contribution in [0.2, 0.25) is 0 Å². The molecule has 1 rings (SSSR count). The molecule has 2 atom stereocenters. The van der Waals surface area contributed by atoms with Gasteiger partial charge in [-0.05, 0) is 37.6 Å². The number of carbonyl (C=O) groups excluding carboxylic acids is 2. The lowest BCUT2D eigenvalue weighted by Crippen LogP contribution is -3.11. The summed E-state index contributed by atoms with van der Waals surface area (Å²) in [6.45, 7) is 4.35. The fraction of sp³-hybridized carbons (Fsp3) is 0.467. The molecule has 0 aliphatic carbocycles. The monoisotopic (exact) mass is 296 g/mol. The van der Waals surface area contributed by atoms with Gasteiger partial charge in [0, 0.05) is 11.7 Å². The van der Waals surface area contributed by atoms with Gasteiger partial charge < -0.3 is 15.5 Å². The Kier molecular flexibility index (Phi) is 6.81. The molecule has 5 nitrogen and oxygen atoms in total. The van der Waals surface area contributed by atoms with Crippen LogP contribution in [0.1, 0.15) is 20.3 Å². The number of hydrogen-bond donors (Lipinski definition) is 3. The third-order valence-electron chi connectivity index (χ3n) is 3.07. The normalized spacial score (nSPS) is 13.3. The Balaban J connectivity index is 2.36. The molecule has 0 bridgehead atoms. The molecule has 0 aliphatic heterocycles. The van der Waals surface area contributed by atoms with E-state index in [9.17, 15) is 14.0 Å². The van der Waals surface area contributed by atoms with Gasteiger partial charge >= 0.3 is 0 Å². The van der Waals surface area contributed by atoms with Crippen LogP contribution in [0, 0.1) is 5.82 Å². The number of amides is 2. The number of nitrogens with one attached hydrogen (secondary N) is 3. The average molecular weight is 296 g/mol. The molecule has 2 amide bonds. The molecule has 0 aromatic heterocycles. The summed E-state index contributed by atoms with van der Waals surface area (Å²) in [6, 6.07) is 5.70. The van der Waals surface area contributed by atoms with Crippen molar-refractivity contribution in [1.82, 2.24) is 5.32 Å². The van der Waals surface area contributed by atoms with Gasteiger partial charge in [-0.1, -0.05) is 6.92 Å². The standard InChI is InChI=1S/C15H22FN3O2/c1-4-11(2)17-14(20)9-19(3)10-15(21)18-13-7-5-12(16)6-8-13/h5-8,11H,4,9-10H2,1-3H3,(H,17,20)(H,18,21)/p+1/t11-/m0/s1. The van der Waals surface area contributed by atoms with Crippen molar-refractivity contribution < 1.29 is 18.9 Å². The predicted molar refractivity (Wildman–Crippen MR) is 79.5 cm³/mol. The Bertz CT molecular complexity index is 476. The zero-order valence-corrected chi connectivity index (χ0v) is 12.7. The molecule has 0 aliphatic rings. The molecule has 116 valence electrons. The number of likely N-dealkylation sites (N-methyl/N-ethyl adjacent to an activating group) is 1. The molecule has 0 saturated heterocycles. The first-order valence-corrected chi connectivity index (χ1v) is 7.06. The van der Waals surface area contributed by atoms with Crippen molar-refractivity contribution in [2.24, 2.45) is 0 Å². The van der Waals surface area contributed by atoms with E-state index in [1.54, 1.807) is 7.05 Å². The maximum absolute atomic E-state index is 12.7. The SMILES string of the molecule is CC[C@H](C)NC(=O)C[NH+](C)CC(=O)Nc1ccc(F)cc1. The highest BCUT2D eigenvalue weighted by Gasteiger charge is 2.15. The fourth-order valence-electron chi connectivity index (χ4n) is 1.78. The highest BCUT2D eigenvalue weighted by Crippen LogP contribution is 2.07. The first-order valence-electron chi connectivity index (χ1n) is 7.06. The van der Waals surface area contributed by atoms with Crippen molar-refractivity contribution in [2.45, 2.75) is 26.3 Å². The van der Waals surface area contributed by atoms with Gasteiger partial charge in [0.1, 0.15) is 5.82 Å². The molecule has 0 spiro atoms. The highest BCUT2D eigenvalue weighted by atomic mass is 19.1. The molecule has 0 fully saturated rings. The summed E-state index contributed by atoms with van der Waals surface area (Å²) in [5, 5.41) is 5.52. The Hall–Kier alpha value is -1.95. The van der Waals surface area contributed by atoms with Crippen LogP contribution in [0.5, 0.6) is 0 Å². The molecule has 1 unspecified atom stereocenters. The maximum atomic E-state index is 12.7. The van der Waals surface area contributed by atoms with Crippen molar-refractivity contribution in [1.29, 1.82) is 0 Å². The Morgan fingerprint density at radius 1 is 1.19 bits per heavy atom. The van der Waals surface area contributed by atoms with Crippen molar-refractivity contribution in [2.75, 3.05) is 25.5 Å². The Labute approximate surface area is 124 Å². The van der Waals surface area contributed by atoms with Gasteiger partial charge in [-0.25, -0.2) is 4.39 Å². The number of carbonyl (C=O) groups is 2. The molecule has 0 radical (unpaired) electrons. The van der Waals surface area contributed by atoms with Crippen LogP contribution in [0.4, 0.5) is 10.1 Å². The summed E-state index contributed by atoms with van der Waals surface area (Å²) in [5.74, 6) is -0.635. The van der Waals surface area contributed by atoms with Crippen LogP contribution in [-0.2, 0) is 9.59 Å². The average Bonchev–Trinajstić information content (AvgIpc) is 2.40. The van der Waals surface area contributed by atoms with Crippen LogP contribution in [0.25, 0.3) is 0 Å². The molecule has 21 heavy (non-hydrogen) atoms. The fourth-order valence-corrected chi connectivity index (χ4v) is 1.78. The molecule has 0 heterocycles. The van der Waals surface area contributed by atoms with Gasteiger partial charge in [0.15, 0.2) is 13.1 Å². The van der Waals surface area contributed by atoms with Gasteiger partial charge in [0.2, 0.25) is 0 Å². The zero-order valence-electron chi connectivity index (χ0n) is 12.7. The number of benzene rings is 1. The molecular formula is C15H23FN3O2+. The van der Waals surface area contributed by atoms with Crippen LogP contribution in [0.3, 0.4) is 0 Å². The predicted octanol–water partition coefficient (Wildman–Crippen LogP) is 0.194. The number of quaternary nitrogens is 1. The van der Waals surface area contributed by atoms with E-state index in [0.717, 1.165) is 11.3 Å². The minimum Gasteiger partial charge on any atom is -0.349 e. The topological polar surface area (TPSA) is 62.6 Å². The summed E-state index contributed by atoms with van der Waals surface area (Å²) in [6.07, 6.45) is 0.871. The number of anilines is 1. The van der Waals surface area contributed by atoms with Gasteiger partial charge in [-0.2, -0.15) is 0 Å². The third kappa shape index (κ3) is 6.85. The second kappa shape index (κ2) is 8.36. The number of halogens is 1. The number of rotatable bonds is 7. The van der Waals surface area contributed by atoms with E-state index in [1.165, 1.54) is 24.3 Å².